The zero-order chi connectivity index (χ0) is 15.5. The smallest absolute Gasteiger partial charge is 0.262 e. The average Bonchev–Trinajstić information content (AvgIpc) is 2.77. The van der Waals surface area contributed by atoms with Crippen LogP contribution in [0.1, 0.15) is 13.3 Å². The number of hydrogen-bond acceptors (Lipinski definition) is 3. The van der Waals surface area contributed by atoms with Crippen LogP contribution in [-0.2, 0) is 4.79 Å². The lowest BCUT2D eigenvalue weighted by atomic mass is 10.1. The van der Waals surface area contributed by atoms with Crippen LogP contribution < -0.4 is 15.4 Å². The van der Waals surface area contributed by atoms with E-state index < -0.39 is 36.7 Å². The number of carbonyl (C=O) groups excluding carboxylic acids is 1. The molecular formula is C14H17F3N2O2. The fourth-order valence-electron chi connectivity index (χ4n) is 2.06. The van der Waals surface area contributed by atoms with Gasteiger partial charge in [0.2, 0.25) is 5.91 Å². The Balaban J connectivity index is 1.77. The van der Waals surface area contributed by atoms with Gasteiger partial charge in [0, 0.05) is 12.5 Å². The fourth-order valence-corrected chi connectivity index (χ4v) is 2.06. The molecule has 1 saturated heterocycles. The maximum absolute atomic E-state index is 13.0. The highest BCUT2D eigenvalue weighted by molar-refractivity contribution is 5.82. The van der Waals surface area contributed by atoms with E-state index in [9.17, 15) is 18.0 Å². The monoisotopic (exact) mass is 302 g/mol. The fraction of sp³-hybridized carbons (Fsp3) is 0.500. The molecule has 116 valence electrons. The second-order valence-corrected chi connectivity index (χ2v) is 5.17. The van der Waals surface area contributed by atoms with E-state index in [0.717, 1.165) is 0 Å². The first-order chi connectivity index (χ1) is 9.85. The Morgan fingerprint density at radius 2 is 2.33 bits per heavy atom. The summed E-state index contributed by atoms with van der Waals surface area (Å²) >= 11 is 0. The van der Waals surface area contributed by atoms with Crippen LogP contribution in [0.2, 0.25) is 0 Å². The normalized spacial score (nSPS) is 21.8. The minimum Gasteiger partial charge on any atom is -0.491 e. The minimum absolute atomic E-state index is 0.123. The van der Waals surface area contributed by atoms with E-state index in [2.05, 4.69) is 10.6 Å². The van der Waals surface area contributed by atoms with E-state index in [-0.39, 0.29) is 12.6 Å². The molecule has 1 aliphatic rings. The number of rotatable bonds is 5. The molecule has 2 rings (SSSR count). The zero-order valence-electron chi connectivity index (χ0n) is 11.5. The molecule has 21 heavy (non-hydrogen) atoms. The molecule has 1 aromatic carbocycles. The predicted octanol–water partition coefficient (Wildman–Crippen LogP) is 1.71. The Morgan fingerprint density at radius 1 is 1.57 bits per heavy atom. The summed E-state index contributed by atoms with van der Waals surface area (Å²) < 4.78 is 44.3. The first kappa shape index (κ1) is 15.6. The molecule has 0 bridgehead atoms. The molecule has 0 radical (unpaired) electrons. The number of alkyl halides is 2. The molecule has 1 aromatic rings. The molecule has 1 fully saturated rings. The van der Waals surface area contributed by atoms with Crippen molar-refractivity contribution in [3.8, 4) is 5.75 Å². The van der Waals surface area contributed by atoms with E-state index in [4.69, 9.17) is 4.74 Å². The molecular weight excluding hydrogens is 285 g/mol. The van der Waals surface area contributed by atoms with Crippen LogP contribution in [-0.4, -0.2) is 37.1 Å². The van der Waals surface area contributed by atoms with E-state index in [1.807, 2.05) is 0 Å². The van der Waals surface area contributed by atoms with Gasteiger partial charge in [0.25, 0.3) is 5.92 Å². The summed E-state index contributed by atoms with van der Waals surface area (Å²) in [5.74, 6) is -3.39. The summed E-state index contributed by atoms with van der Waals surface area (Å²) in [6, 6.07) is 4.36. The Bertz CT molecular complexity index is 511. The van der Waals surface area contributed by atoms with E-state index in [1.165, 1.54) is 18.2 Å². The molecule has 0 aliphatic carbocycles. The van der Waals surface area contributed by atoms with Crippen LogP contribution >= 0.6 is 0 Å². The molecule has 1 aliphatic heterocycles. The van der Waals surface area contributed by atoms with Crippen molar-refractivity contribution in [3.63, 3.8) is 0 Å². The SMILES string of the molecule is CC(COc1cccc(F)c1)NC(=O)C1CC(F)(F)CN1. The number of amides is 1. The van der Waals surface area contributed by atoms with Gasteiger partial charge in [0.05, 0.1) is 18.6 Å². The lowest BCUT2D eigenvalue weighted by molar-refractivity contribution is -0.124. The third-order valence-electron chi connectivity index (χ3n) is 3.11. The Labute approximate surface area is 120 Å². The Kier molecular flexibility index (Phi) is 4.72. The second kappa shape index (κ2) is 6.34. The molecule has 2 N–H and O–H groups in total. The van der Waals surface area contributed by atoms with Crippen LogP contribution in [0.3, 0.4) is 0 Å². The number of halogens is 3. The lowest BCUT2D eigenvalue weighted by Gasteiger charge is -2.17. The number of ether oxygens (including phenoxy) is 1. The summed E-state index contributed by atoms with van der Waals surface area (Å²) in [5.41, 5.74) is 0. The standard InChI is InChI=1S/C14H17F3N2O2/c1-9(7-21-11-4-2-3-10(15)5-11)19-13(20)12-6-14(16,17)8-18-12/h2-5,9,12,18H,6-8H2,1H3,(H,19,20). The third-order valence-corrected chi connectivity index (χ3v) is 3.11. The molecule has 7 heteroatoms. The summed E-state index contributed by atoms with van der Waals surface area (Å²) in [6.45, 7) is 1.32. The summed E-state index contributed by atoms with van der Waals surface area (Å²) in [7, 11) is 0. The molecule has 2 unspecified atom stereocenters. The van der Waals surface area contributed by atoms with Gasteiger partial charge in [0.15, 0.2) is 0 Å². The number of nitrogens with one attached hydrogen (secondary N) is 2. The summed E-state index contributed by atoms with van der Waals surface area (Å²) in [6.07, 6.45) is -0.504. The van der Waals surface area contributed by atoms with Crippen molar-refractivity contribution in [3.05, 3.63) is 30.1 Å². The minimum atomic E-state index is -2.84. The Morgan fingerprint density at radius 3 is 2.95 bits per heavy atom. The van der Waals surface area contributed by atoms with Crippen molar-refractivity contribution in [2.75, 3.05) is 13.2 Å². The largest absolute Gasteiger partial charge is 0.491 e. The van der Waals surface area contributed by atoms with E-state index in [0.29, 0.717) is 5.75 Å². The maximum atomic E-state index is 13.0. The van der Waals surface area contributed by atoms with Crippen molar-refractivity contribution in [1.29, 1.82) is 0 Å². The van der Waals surface area contributed by atoms with Gasteiger partial charge < -0.3 is 10.1 Å². The van der Waals surface area contributed by atoms with E-state index in [1.54, 1.807) is 13.0 Å². The predicted molar refractivity (Wildman–Crippen MR) is 70.9 cm³/mol. The van der Waals surface area contributed by atoms with Gasteiger partial charge in [-0.1, -0.05) is 6.07 Å². The van der Waals surface area contributed by atoms with Gasteiger partial charge in [-0.05, 0) is 19.1 Å². The van der Waals surface area contributed by atoms with Gasteiger partial charge in [-0.3, -0.25) is 10.1 Å². The highest BCUT2D eigenvalue weighted by Gasteiger charge is 2.42. The first-order valence-electron chi connectivity index (χ1n) is 6.66. The van der Waals surface area contributed by atoms with Crippen LogP contribution in [0, 0.1) is 5.82 Å². The molecule has 1 heterocycles. The van der Waals surface area contributed by atoms with Crippen molar-refractivity contribution in [2.45, 2.75) is 31.4 Å². The van der Waals surface area contributed by atoms with E-state index >= 15 is 0 Å². The van der Waals surface area contributed by atoms with Crippen LogP contribution in [0.15, 0.2) is 24.3 Å². The maximum Gasteiger partial charge on any atom is 0.262 e. The quantitative estimate of drug-likeness (QED) is 0.870. The average molecular weight is 302 g/mol. The van der Waals surface area contributed by atoms with Crippen molar-refractivity contribution < 1.29 is 22.7 Å². The van der Waals surface area contributed by atoms with Crippen molar-refractivity contribution >= 4 is 5.91 Å². The molecule has 4 nitrogen and oxygen atoms in total. The molecule has 0 saturated carbocycles. The van der Waals surface area contributed by atoms with Gasteiger partial charge in [-0.25, -0.2) is 13.2 Å². The van der Waals surface area contributed by atoms with Crippen LogP contribution in [0.4, 0.5) is 13.2 Å². The number of carbonyl (C=O) groups is 1. The van der Waals surface area contributed by atoms with Gasteiger partial charge in [-0.15, -0.1) is 0 Å². The third kappa shape index (κ3) is 4.63. The first-order valence-corrected chi connectivity index (χ1v) is 6.66. The molecule has 0 aromatic heterocycles. The number of benzene rings is 1. The highest BCUT2D eigenvalue weighted by Crippen LogP contribution is 2.25. The summed E-state index contributed by atoms with van der Waals surface area (Å²) in [5, 5.41) is 5.07. The Hall–Kier alpha value is -1.76. The van der Waals surface area contributed by atoms with Gasteiger partial charge >= 0.3 is 0 Å². The summed E-state index contributed by atoms with van der Waals surface area (Å²) in [4.78, 5) is 11.8. The molecule has 2 atom stereocenters. The second-order valence-electron chi connectivity index (χ2n) is 5.17. The molecule has 0 spiro atoms. The topological polar surface area (TPSA) is 50.4 Å². The lowest BCUT2D eigenvalue weighted by Crippen LogP contribution is -2.46. The number of hydrogen-bond donors (Lipinski definition) is 2. The molecule has 1 amide bonds. The highest BCUT2D eigenvalue weighted by atomic mass is 19.3. The van der Waals surface area contributed by atoms with Crippen molar-refractivity contribution in [2.24, 2.45) is 0 Å². The van der Waals surface area contributed by atoms with Crippen LogP contribution in [0.5, 0.6) is 5.75 Å². The van der Waals surface area contributed by atoms with Crippen molar-refractivity contribution in [1.82, 2.24) is 10.6 Å². The van der Waals surface area contributed by atoms with Gasteiger partial charge in [-0.2, -0.15) is 0 Å². The van der Waals surface area contributed by atoms with Gasteiger partial charge in [0.1, 0.15) is 18.2 Å². The van der Waals surface area contributed by atoms with Crippen LogP contribution in [0.25, 0.3) is 0 Å². The zero-order valence-corrected chi connectivity index (χ0v) is 11.5.